The van der Waals surface area contributed by atoms with Crippen molar-refractivity contribution in [2.24, 2.45) is 0 Å². The van der Waals surface area contributed by atoms with Gasteiger partial charge in [-0.3, -0.25) is 9.80 Å². The van der Waals surface area contributed by atoms with Crippen LogP contribution in [0.15, 0.2) is 30.3 Å². The number of carbonyl (C=O) groups excluding carboxylic acids is 3. The first-order valence-corrected chi connectivity index (χ1v) is 10.1. The maximum atomic E-state index is 12.9. The summed E-state index contributed by atoms with van der Waals surface area (Å²) in [5.74, 6) is -0.542. The van der Waals surface area contributed by atoms with Gasteiger partial charge in [-0.1, -0.05) is 18.2 Å². The van der Waals surface area contributed by atoms with E-state index in [0.29, 0.717) is 5.69 Å². The van der Waals surface area contributed by atoms with E-state index in [9.17, 15) is 14.4 Å². The van der Waals surface area contributed by atoms with Crippen molar-refractivity contribution in [3.63, 3.8) is 0 Å². The lowest BCUT2D eigenvalue weighted by Gasteiger charge is -2.29. The van der Waals surface area contributed by atoms with Crippen LogP contribution in [0.25, 0.3) is 0 Å². The van der Waals surface area contributed by atoms with E-state index in [1.165, 1.54) is 9.80 Å². The number of ether oxygens (including phenoxy) is 3. The quantitative estimate of drug-likeness (QED) is 0.537. The molecular formula is C22H30N2O6. The molecule has 2 aliphatic rings. The minimum Gasteiger partial charge on any atom is -0.458 e. The molecular weight excluding hydrogens is 388 g/mol. The number of esters is 1. The molecule has 8 nitrogen and oxygen atoms in total. The maximum Gasteiger partial charge on any atom is 0.415 e. The van der Waals surface area contributed by atoms with Gasteiger partial charge in [0.2, 0.25) is 0 Å². The fraction of sp³-hybridized carbons (Fsp3) is 0.591. The number of likely N-dealkylation sites (tertiary alicyclic amines) is 1. The van der Waals surface area contributed by atoms with Crippen LogP contribution in [0.3, 0.4) is 0 Å². The van der Waals surface area contributed by atoms with E-state index in [4.69, 9.17) is 14.2 Å². The second-order valence-corrected chi connectivity index (χ2v) is 9.83. The second kappa shape index (κ2) is 7.49. The van der Waals surface area contributed by atoms with Gasteiger partial charge < -0.3 is 14.2 Å². The van der Waals surface area contributed by atoms with Gasteiger partial charge in [0.15, 0.2) is 5.60 Å². The molecule has 1 aromatic rings. The molecule has 2 aliphatic heterocycles. The van der Waals surface area contributed by atoms with Crippen molar-refractivity contribution in [3.8, 4) is 0 Å². The monoisotopic (exact) mass is 418 g/mol. The van der Waals surface area contributed by atoms with Gasteiger partial charge in [0.1, 0.15) is 17.2 Å². The molecule has 2 amide bonds. The van der Waals surface area contributed by atoms with Gasteiger partial charge in [-0.2, -0.15) is 0 Å². The second-order valence-electron chi connectivity index (χ2n) is 9.83. The SMILES string of the molecule is CC(C)(C)OC(=O)[C@H]1C[C@@]2(CN(c3ccccc3)C(=O)O2)CN1C(=O)OC(C)(C)C. The number of amides is 2. The minimum atomic E-state index is -1.01. The summed E-state index contributed by atoms with van der Waals surface area (Å²) < 4.78 is 16.8. The average Bonchev–Trinajstić information content (AvgIpc) is 3.13. The molecule has 8 heteroatoms. The molecule has 0 aliphatic carbocycles. The predicted octanol–water partition coefficient (Wildman–Crippen LogP) is 3.73. The maximum absolute atomic E-state index is 12.9. The summed E-state index contributed by atoms with van der Waals surface area (Å²) in [6.45, 7) is 10.8. The predicted molar refractivity (Wildman–Crippen MR) is 110 cm³/mol. The van der Waals surface area contributed by atoms with Crippen LogP contribution in [0.4, 0.5) is 15.3 Å². The highest BCUT2D eigenvalue weighted by atomic mass is 16.6. The molecule has 0 unspecified atom stereocenters. The van der Waals surface area contributed by atoms with Crippen LogP contribution >= 0.6 is 0 Å². The van der Waals surface area contributed by atoms with Crippen LogP contribution in [-0.2, 0) is 19.0 Å². The Balaban J connectivity index is 1.86. The Morgan fingerprint density at radius 1 is 1.00 bits per heavy atom. The van der Waals surface area contributed by atoms with E-state index < -0.39 is 41.0 Å². The van der Waals surface area contributed by atoms with Crippen molar-refractivity contribution in [2.45, 2.75) is 70.8 Å². The highest BCUT2D eigenvalue weighted by molar-refractivity contribution is 5.91. The van der Waals surface area contributed by atoms with Gasteiger partial charge in [0.05, 0.1) is 13.1 Å². The molecule has 164 valence electrons. The molecule has 30 heavy (non-hydrogen) atoms. The van der Waals surface area contributed by atoms with Gasteiger partial charge in [-0.05, 0) is 53.7 Å². The summed E-state index contributed by atoms with van der Waals surface area (Å²) in [5.41, 5.74) is -1.75. The lowest BCUT2D eigenvalue weighted by Crippen LogP contribution is -2.46. The molecule has 2 atom stereocenters. The number of nitrogens with zero attached hydrogens (tertiary/aromatic N) is 2. The van der Waals surface area contributed by atoms with E-state index in [2.05, 4.69) is 0 Å². The first kappa shape index (κ1) is 21.9. The largest absolute Gasteiger partial charge is 0.458 e. The topological polar surface area (TPSA) is 85.4 Å². The van der Waals surface area contributed by atoms with Crippen molar-refractivity contribution >= 4 is 23.8 Å². The lowest BCUT2D eigenvalue weighted by molar-refractivity contribution is -0.160. The van der Waals surface area contributed by atoms with Crippen molar-refractivity contribution in [1.82, 2.24) is 4.90 Å². The number of rotatable bonds is 2. The summed E-state index contributed by atoms with van der Waals surface area (Å²) >= 11 is 0. The van der Waals surface area contributed by atoms with Crippen molar-refractivity contribution in [1.29, 1.82) is 0 Å². The van der Waals surface area contributed by atoms with E-state index in [1.807, 2.05) is 30.3 Å². The van der Waals surface area contributed by atoms with Crippen LogP contribution in [0.5, 0.6) is 0 Å². The zero-order chi connectivity index (χ0) is 22.3. The van der Waals surface area contributed by atoms with Crippen molar-refractivity contribution < 1.29 is 28.6 Å². The van der Waals surface area contributed by atoms with E-state index in [1.54, 1.807) is 41.5 Å². The average molecular weight is 418 g/mol. The first-order valence-electron chi connectivity index (χ1n) is 10.1. The highest BCUT2D eigenvalue weighted by Gasteiger charge is 2.58. The van der Waals surface area contributed by atoms with Gasteiger partial charge in [-0.25, -0.2) is 14.4 Å². The van der Waals surface area contributed by atoms with Gasteiger partial charge in [0.25, 0.3) is 0 Å². The molecule has 2 fully saturated rings. The van der Waals surface area contributed by atoms with E-state index in [0.717, 1.165) is 0 Å². The Labute approximate surface area is 177 Å². The number of hydrogen-bond donors (Lipinski definition) is 0. The van der Waals surface area contributed by atoms with Gasteiger partial charge in [-0.15, -0.1) is 0 Å². The van der Waals surface area contributed by atoms with E-state index in [-0.39, 0.29) is 19.5 Å². The Bertz CT molecular complexity index is 788. The summed E-state index contributed by atoms with van der Waals surface area (Å²) in [7, 11) is 0. The number of anilines is 1. The van der Waals surface area contributed by atoms with Gasteiger partial charge in [0, 0.05) is 12.1 Å². The number of benzene rings is 1. The Hall–Kier alpha value is -2.77. The molecule has 0 radical (unpaired) electrons. The number of carbonyl (C=O) groups is 3. The third kappa shape index (κ3) is 4.86. The van der Waals surface area contributed by atoms with Crippen molar-refractivity contribution in [2.75, 3.05) is 18.0 Å². The summed E-state index contributed by atoms with van der Waals surface area (Å²) in [6.07, 6.45) is -0.990. The summed E-state index contributed by atoms with van der Waals surface area (Å²) in [5, 5.41) is 0. The molecule has 0 saturated carbocycles. The highest BCUT2D eigenvalue weighted by Crippen LogP contribution is 2.39. The first-order chi connectivity index (χ1) is 13.8. The molecule has 1 spiro atoms. The van der Waals surface area contributed by atoms with Crippen LogP contribution in [0, 0.1) is 0 Å². The molecule has 1 aromatic carbocycles. The fourth-order valence-corrected chi connectivity index (χ4v) is 3.66. The fourth-order valence-electron chi connectivity index (χ4n) is 3.66. The van der Waals surface area contributed by atoms with Crippen LogP contribution < -0.4 is 4.90 Å². The molecule has 0 aromatic heterocycles. The number of hydrogen-bond acceptors (Lipinski definition) is 6. The van der Waals surface area contributed by atoms with Gasteiger partial charge >= 0.3 is 18.2 Å². The van der Waals surface area contributed by atoms with E-state index >= 15 is 0 Å². The molecule has 3 rings (SSSR count). The Morgan fingerprint density at radius 2 is 1.60 bits per heavy atom. The third-order valence-corrected chi connectivity index (χ3v) is 4.75. The minimum absolute atomic E-state index is 0.0564. The third-order valence-electron chi connectivity index (χ3n) is 4.75. The summed E-state index contributed by atoms with van der Waals surface area (Å²) in [4.78, 5) is 41.2. The molecule has 0 bridgehead atoms. The van der Waals surface area contributed by atoms with Crippen LogP contribution in [0.2, 0.25) is 0 Å². The smallest absolute Gasteiger partial charge is 0.415 e. The lowest BCUT2D eigenvalue weighted by atomic mass is 10.00. The Kier molecular flexibility index (Phi) is 5.47. The summed E-state index contributed by atoms with van der Waals surface area (Å²) in [6, 6.07) is 8.25. The normalized spacial score (nSPS) is 24.2. The van der Waals surface area contributed by atoms with Crippen LogP contribution in [-0.4, -0.2) is 59.0 Å². The molecule has 2 saturated heterocycles. The standard InChI is InChI=1S/C22H30N2O6/c1-20(2,3)28-17(25)16-12-22(14-24(16)19(27)29-21(4,5)6)13-23(18(26)30-22)15-10-8-7-9-11-15/h7-11,16H,12-14H2,1-6H3/t16-,22-/m1/s1. The zero-order valence-electron chi connectivity index (χ0n) is 18.4. The Morgan fingerprint density at radius 3 is 2.17 bits per heavy atom. The molecule has 0 N–H and O–H groups in total. The molecule has 2 heterocycles. The zero-order valence-corrected chi connectivity index (χ0v) is 18.4. The van der Waals surface area contributed by atoms with Crippen molar-refractivity contribution in [3.05, 3.63) is 30.3 Å². The number of para-hydroxylation sites is 1. The van der Waals surface area contributed by atoms with Crippen LogP contribution in [0.1, 0.15) is 48.0 Å².